The lowest BCUT2D eigenvalue weighted by Crippen LogP contribution is -2.67. The molecule has 0 amide bonds. The molecule has 4 aliphatic heterocycles. The number of ether oxygens (including phenoxy) is 17. The molecule has 4 aliphatic rings. The molecule has 0 bridgehead atoms. The summed E-state index contributed by atoms with van der Waals surface area (Å²) in [5.74, 6) is 0. The Kier molecular flexibility index (Phi) is 29.1. The first-order valence-electron chi connectivity index (χ1n) is 38.8. The SMILES string of the molecule is C[C@H]1O[C@H](O[C@@H]2[C@H](OCc3ccccc3)[C@@H](OCc3ccccc3)[C@@H](O[C@H]3[C@H](OCc4ccccc4)[C@@H](OCc4ccccc4)[C@@H](O[C@H]4[C@H](OCc5ccccc5)[C@@H](OCc5ccccc5)[C@H](OCc5ccccc5)O[C@@H]4C)O[C@@H]3C)O[C@@H]2C)[C@H](OCc2ccccc2)[C@@H](OCc2ccccc2)[C@H]1OCc1ccccc1. The third-order valence-corrected chi connectivity index (χ3v) is 20.6. The number of hydrogen-bond donors (Lipinski definition) is 0. The van der Waals surface area contributed by atoms with Gasteiger partial charge in [0.2, 0.25) is 0 Å². The van der Waals surface area contributed by atoms with Crippen LogP contribution in [0.25, 0.3) is 0 Å². The van der Waals surface area contributed by atoms with Crippen molar-refractivity contribution in [2.45, 2.75) is 217 Å². The van der Waals surface area contributed by atoms with Crippen molar-refractivity contribution in [3.8, 4) is 0 Å². The van der Waals surface area contributed by atoms with Gasteiger partial charge in [-0.3, -0.25) is 0 Å². The highest BCUT2D eigenvalue weighted by atomic mass is 16.8. The molecule has 0 radical (unpaired) electrons. The maximum Gasteiger partial charge on any atom is 0.187 e. The summed E-state index contributed by atoms with van der Waals surface area (Å²) in [6.45, 7) is 10.0. The van der Waals surface area contributed by atoms with E-state index in [1.165, 1.54) is 0 Å². The van der Waals surface area contributed by atoms with Crippen LogP contribution in [-0.4, -0.2) is 123 Å². The lowest BCUT2D eigenvalue weighted by Gasteiger charge is -2.52. The molecule has 14 rings (SSSR count). The minimum atomic E-state index is -1.18. The Hall–Kier alpha value is -8.48. The highest BCUT2D eigenvalue weighted by Gasteiger charge is 2.57. The van der Waals surface area contributed by atoms with Crippen LogP contribution in [0.4, 0.5) is 0 Å². The topological polar surface area (TPSA) is 157 Å². The van der Waals surface area contributed by atoms with Crippen molar-refractivity contribution in [3.05, 3.63) is 359 Å². The summed E-state index contributed by atoms with van der Waals surface area (Å²) >= 11 is 0. The summed E-state index contributed by atoms with van der Waals surface area (Å²) in [5.41, 5.74) is 9.51. The maximum atomic E-state index is 7.70. The van der Waals surface area contributed by atoms with Crippen molar-refractivity contribution in [2.24, 2.45) is 0 Å². The molecule has 20 atom stereocenters. The molecule has 17 heteroatoms. The zero-order chi connectivity index (χ0) is 75.8. The van der Waals surface area contributed by atoms with Crippen molar-refractivity contribution in [1.29, 1.82) is 0 Å². The molecular weight excluding hydrogens is 1400 g/mol. The number of benzene rings is 10. The lowest BCUT2D eigenvalue weighted by molar-refractivity contribution is -0.396. The Labute approximate surface area is 652 Å². The van der Waals surface area contributed by atoms with Gasteiger partial charge in [-0.25, -0.2) is 0 Å². The van der Waals surface area contributed by atoms with Gasteiger partial charge in [-0.2, -0.15) is 0 Å². The first-order valence-corrected chi connectivity index (χ1v) is 38.8. The van der Waals surface area contributed by atoms with Crippen molar-refractivity contribution < 1.29 is 80.5 Å². The second kappa shape index (κ2) is 40.8. The minimum absolute atomic E-state index is 0.142. The van der Waals surface area contributed by atoms with Crippen LogP contribution in [0.2, 0.25) is 0 Å². The summed E-state index contributed by atoms with van der Waals surface area (Å²) in [6.07, 6.45) is -17.5. The third kappa shape index (κ3) is 22.1. The smallest absolute Gasteiger partial charge is 0.187 e. The second-order valence-electron chi connectivity index (χ2n) is 28.8. The summed E-state index contributed by atoms with van der Waals surface area (Å²) < 4.78 is 123. The fourth-order valence-corrected chi connectivity index (χ4v) is 14.7. The fraction of sp³-hybridized carbons (Fsp3) is 0.362. The molecule has 0 aromatic heterocycles. The largest absolute Gasteiger partial charge is 0.368 e. The molecule has 0 N–H and O–H groups in total. The van der Waals surface area contributed by atoms with Gasteiger partial charge in [-0.15, -0.1) is 0 Å². The number of hydrogen-bond acceptors (Lipinski definition) is 17. The van der Waals surface area contributed by atoms with Crippen molar-refractivity contribution in [3.63, 3.8) is 0 Å². The van der Waals surface area contributed by atoms with E-state index in [1.807, 2.05) is 331 Å². The molecule has 0 unspecified atom stereocenters. The Morgan fingerprint density at radius 2 is 0.306 bits per heavy atom. The van der Waals surface area contributed by atoms with Crippen LogP contribution >= 0.6 is 0 Å². The molecule has 10 aromatic carbocycles. The van der Waals surface area contributed by atoms with Gasteiger partial charge >= 0.3 is 0 Å². The van der Waals surface area contributed by atoms with Crippen molar-refractivity contribution >= 4 is 0 Å². The highest BCUT2D eigenvalue weighted by molar-refractivity contribution is 5.22. The second-order valence-corrected chi connectivity index (χ2v) is 28.8. The van der Waals surface area contributed by atoms with Gasteiger partial charge in [0, 0.05) is 0 Å². The Morgan fingerprint density at radius 3 is 0.514 bits per heavy atom. The average Bonchev–Trinajstić information content (AvgIpc) is 0.765. The molecule has 111 heavy (non-hydrogen) atoms. The van der Waals surface area contributed by atoms with E-state index in [2.05, 4.69) is 0 Å². The monoisotopic (exact) mass is 1500 g/mol. The van der Waals surface area contributed by atoms with Crippen LogP contribution < -0.4 is 0 Å². The molecule has 17 nitrogen and oxygen atoms in total. The first kappa shape index (κ1) is 79.2. The van der Waals surface area contributed by atoms with E-state index in [-0.39, 0.29) is 59.5 Å². The average molecular weight is 1500 g/mol. The Balaban J connectivity index is 0.822. The third-order valence-electron chi connectivity index (χ3n) is 20.6. The van der Waals surface area contributed by atoms with E-state index in [9.17, 15) is 0 Å². The summed E-state index contributed by atoms with van der Waals surface area (Å²) in [5, 5.41) is 0. The van der Waals surface area contributed by atoms with Crippen LogP contribution in [-0.2, 0) is 147 Å². The van der Waals surface area contributed by atoms with Crippen LogP contribution in [0.3, 0.4) is 0 Å². The Morgan fingerprint density at radius 1 is 0.162 bits per heavy atom. The van der Waals surface area contributed by atoms with Crippen LogP contribution in [0, 0.1) is 0 Å². The molecule has 0 saturated carbocycles. The van der Waals surface area contributed by atoms with E-state index in [0.29, 0.717) is 6.61 Å². The van der Waals surface area contributed by atoms with E-state index in [4.69, 9.17) is 80.5 Å². The molecule has 580 valence electrons. The van der Waals surface area contributed by atoms with Gasteiger partial charge in [0.05, 0.1) is 90.5 Å². The van der Waals surface area contributed by atoms with Crippen LogP contribution in [0.5, 0.6) is 0 Å². The zero-order valence-corrected chi connectivity index (χ0v) is 63.4. The first-order chi connectivity index (χ1) is 54.7. The minimum Gasteiger partial charge on any atom is -0.368 e. The van der Waals surface area contributed by atoms with Crippen molar-refractivity contribution in [2.75, 3.05) is 0 Å². The van der Waals surface area contributed by atoms with Gasteiger partial charge in [-0.1, -0.05) is 303 Å². The number of rotatable bonds is 36. The van der Waals surface area contributed by atoms with Gasteiger partial charge in [-0.05, 0) is 83.3 Å². The van der Waals surface area contributed by atoms with E-state index < -0.39 is 123 Å². The lowest BCUT2D eigenvalue weighted by atomic mass is 9.95. The van der Waals surface area contributed by atoms with Gasteiger partial charge in [0.25, 0.3) is 0 Å². The summed E-state index contributed by atoms with van der Waals surface area (Å²) in [4.78, 5) is 0. The van der Waals surface area contributed by atoms with E-state index in [1.54, 1.807) is 0 Å². The summed E-state index contributed by atoms with van der Waals surface area (Å²) in [6, 6.07) is 100. The molecule has 4 heterocycles. The van der Waals surface area contributed by atoms with E-state index in [0.717, 1.165) is 55.6 Å². The summed E-state index contributed by atoms with van der Waals surface area (Å²) in [7, 11) is 0. The van der Waals surface area contributed by atoms with Gasteiger partial charge in [0.1, 0.15) is 73.2 Å². The quantitative estimate of drug-likeness (QED) is 0.0365. The predicted molar refractivity (Wildman–Crippen MR) is 418 cm³/mol. The predicted octanol–water partition coefficient (Wildman–Crippen LogP) is 16.6. The zero-order valence-electron chi connectivity index (χ0n) is 63.4. The molecular formula is C94H102O17. The normalized spacial score (nSPS) is 28.1. The molecule has 10 aromatic rings. The maximum absolute atomic E-state index is 7.70. The van der Waals surface area contributed by atoms with Crippen molar-refractivity contribution in [1.82, 2.24) is 0 Å². The highest BCUT2D eigenvalue weighted by Crippen LogP contribution is 2.41. The van der Waals surface area contributed by atoms with Crippen LogP contribution in [0.1, 0.15) is 83.3 Å². The molecule has 4 fully saturated rings. The molecule has 0 spiro atoms. The van der Waals surface area contributed by atoms with Crippen LogP contribution in [0.15, 0.2) is 303 Å². The molecule has 0 aliphatic carbocycles. The molecule has 4 saturated heterocycles. The fourth-order valence-electron chi connectivity index (χ4n) is 14.7. The van der Waals surface area contributed by atoms with E-state index >= 15 is 0 Å². The van der Waals surface area contributed by atoms with Gasteiger partial charge in [0.15, 0.2) is 25.2 Å². The Bertz CT molecular complexity index is 4230. The standard InChI is InChI=1S/C94H102O17/c1-65-79(95-55-69-35-15-5-16-36-69)83(96-56-70-37-17-6-18-38-70)88(101-61-75-47-27-11-28-48-75)92(106-65)110-81-67(3)108-94(90(103-63-77-51-31-13-32-52-77)85(81)98-58-72-41-21-8-22-42-72)111-82-68(4)107-93(89(102-62-76-49-29-12-30-50-76)86(82)99-59-73-43-23-9-24-44-73)109-80-66(2)105-91(104-64-78-53-33-14-34-54-78)87(100-60-74-45-25-10-26-46-74)84(80)97-57-71-39-19-7-20-40-71/h5-54,65-68,79-94H,55-64H2,1-4H3/t65-,66-,67-,68-,79+,80-,81+,82-,83+,84+,85+,86+,87-,88-,89-,90-,91-,92-,93-,94-/m1/s1. The van der Waals surface area contributed by atoms with Gasteiger partial charge < -0.3 is 80.5 Å².